The second-order valence-corrected chi connectivity index (χ2v) is 6.98. The lowest BCUT2D eigenvalue weighted by molar-refractivity contribution is -0.385. The third-order valence-electron chi connectivity index (χ3n) is 5.00. The van der Waals surface area contributed by atoms with Gasteiger partial charge in [0.15, 0.2) is 0 Å². The number of benzene rings is 2. The molecule has 1 amide bonds. The lowest BCUT2D eigenvalue weighted by Crippen LogP contribution is -2.33. The van der Waals surface area contributed by atoms with Crippen LogP contribution in [0.1, 0.15) is 17.2 Å². The van der Waals surface area contributed by atoms with Crippen LogP contribution >= 0.6 is 0 Å². The first-order valence-electron chi connectivity index (χ1n) is 9.72. The Morgan fingerprint density at radius 2 is 1.67 bits per heavy atom. The number of ketones is 1. The lowest BCUT2D eigenvalue weighted by Gasteiger charge is -2.25. The summed E-state index contributed by atoms with van der Waals surface area (Å²) in [6.45, 7) is -0.354. The van der Waals surface area contributed by atoms with Crippen LogP contribution in [0.2, 0.25) is 0 Å². The predicted molar refractivity (Wildman–Crippen MR) is 113 cm³/mol. The van der Waals surface area contributed by atoms with Crippen molar-refractivity contribution in [1.29, 1.82) is 0 Å². The number of carbonyl (C=O) groups is 2. The van der Waals surface area contributed by atoms with Gasteiger partial charge in [-0.15, -0.1) is 0 Å². The van der Waals surface area contributed by atoms with Crippen molar-refractivity contribution < 1.29 is 34.4 Å². The van der Waals surface area contributed by atoms with Gasteiger partial charge in [-0.25, -0.2) is 0 Å². The van der Waals surface area contributed by atoms with Gasteiger partial charge in [0.05, 0.1) is 41.3 Å². The Morgan fingerprint density at radius 3 is 2.27 bits per heavy atom. The van der Waals surface area contributed by atoms with Gasteiger partial charge in [-0.1, -0.05) is 12.1 Å². The predicted octanol–water partition coefficient (Wildman–Crippen LogP) is 1.93. The van der Waals surface area contributed by atoms with Crippen LogP contribution in [0.15, 0.2) is 54.1 Å². The SMILES string of the molecule is O=C1C(=O)N(CCOCCO)C(c2cccc([N+](=O)[O-])c2)C1=C(O)c1ccc([N+](=O)[O-])cc1. The molecule has 0 aromatic heterocycles. The number of aliphatic hydroxyl groups is 2. The van der Waals surface area contributed by atoms with Crippen LogP contribution < -0.4 is 0 Å². The Labute approximate surface area is 186 Å². The van der Waals surface area contributed by atoms with Crippen LogP contribution in [0.4, 0.5) is 11.4 Å². The van der Waals surface area contributed by atoms with Gasteiger partial charge in [-0.05, 0) is 17.7 Å². The largest absolute Gasteiger partial charge is 0.507 e. The third-order valence-corrected chi connectivity index (χ3v) is 5.00. The summed E-state index contributed by atoms with van der Waals surface area (Å²) in [7, 11) is 0. The first-order valence-corrected chi connectivity index (χ1v) is 9.72. The van der Waals surface area contributed by atoms with Crippen molar-refractivity contribution in [2.75, 3.05) is 26.4 Å². The first kappa shape index (κ1) is 23.5. The van der Waals surface area contributed by atoms with E-state index < -0.39 is 33.3 Å². The minimum atomic E-state index is -1.15. The van der Waals surface area contributed by atoms with Gasteiger partial charge in [0.25, 0.3) is 23.1 Å². The smallest absolute Gasteiger partial charge is 0.295 e. The molecule has 3 rings (SSSR count). The average Bonchev–Trinajstić information content (AvgIpc) is 3.06. The molecule has 2 N–H and O–H groups in total. The van der Waals surface area contributed by atoms with Crippen molar-refractivity contribution in [1.82, 2.24) is 4.90 Å². The van der Waals surface area contributed by atoms with Gasteiger partial charge in [0.2, 0.25) is 0 Å². The maximum atomic E-state index is 12.9. The number of non-ortho nitro benzene ring substituents is 2. The Hall–Kier alpha value is -4.16. The van der Waals surface area contributed by atoms with E-state index in [9.17, 15) is 34.9 Å². The van der Waals surface area contributed by atoms with Gasteiger partial charge < -0.3 is 19.8 Å². The summed E-state index contributed by atoms with van der Waals surface area (Å²) in [5, 5.41) is 41.9. The fourth-order valence-corrected chi connectivity index (χ4v) is 3.49. The van der Waals surface area contributed by atoms with Crippen LogP contribution in [-0.2, 0) is 14.3 Å². The molecule has 2 aromatic carbocycles. The minimum absolute atomic E-state index is 0.00813. The van der Waals surface area contributed by atoms with Crippen molar-refractivity contribution >= 4 is 28.8 Å². The third kappa shape index (κ3) is 4.86. The van der Waals surface area contributed by atoms with Crippen molar-refractivity contribution in [2.24, 2.45) is 0 Å². The van der Waals surface area contributed by atoms with Gasteiger partial charge in [-0.3, -0.25) is 29.8 Å². The molecule has 1 aliphatic rings. The number of aliphatic hydroxyl groups excluding tert-OH is 2. The molecule has 0 bridgehead atoms. The molecule has 0 radical (unpaired) electrons. The van der Waals surface area contributed by atoms with Gasteiger partial charge >= 0.3 is 0 Å². The van der Waals surface area contributed by atoms with Gasteiger partial charge in [0.1, 0.15) is 5.76 Å². The molecule has 33 heavy (non-hydrogen) atoms. The molecule has 1 heterocycles. The molecule has 1 atom stereocenters. The standard InChI is InChI=1S/C21H19N3O9/c25-9-11-33-10-8-22-18(14-2-1-3-16(12-14)24(31)32)17(20(27)21(22)28)19(26)13-4-6-15(7-5-13)23(29)30/h1-7,12,18,25-26H,8-11H2. The Morgan fingerprint density at radius 1 is 1.00 bits per heavy atom. The number of Topliss-reactive ketones (excluding diaryl/α,β-unsaturated/α-hetero) is 1. The highest BCUT2D eigenvalue weighted by Crippen LogP contribution is 2.40. The normalized spacial score (nSPS) is 17.4. The summed E-state index contributed by atoms with van der Waals surface area (Å²) >= 11 is 0. The number of likely N-dealkylation sites (tertiary alicyclic amines) is 1. The van der Waals surface area contributed by atoms with E-state index in [1.807, 2.05) is 0 Å². The van der Waals surface area contributed by atoms with Crippen LogP contribution in [0.5, 0.6) is 0 Å². The zero-order valence-electron chi connectivity index (χ0n) is 17.1. The van der Waals surface area contributed by atoms with E-state index in [1.165, 1.54) is 36.4 Å². The molecule has 12 nitrogen and oxygen atoms in total. The summed E-state index contributed by atoms with van der Waals surface area (Å²) in [5.41, 5.74) is -0.538. The number of amides is 1. The summed E-state index contributed by atoms with van der Waals surface area (Å²) in [5.74, 6) is -2.52. The molecule has 1 aliphatic heterocycles. The highest BCUT2D eigenvalue weighted by molar-refractivity contribution is 6.46. The van der Waals surface area contributed by atoms with E-state index in [0.717, 1.165) is 17.0 Å². The number of hydrogen-bond donors (Lipinski definition) is 2. The first-order chi connectivity index (χ1) is 15.8. The highest BCUT2D eigenvalue weighted by Gasteiger charge is 2.46. The molecule has 0 aliphatic carbocycles. The van der Waals surface area contributed by atoms with E-state index in [4.69, 9.17) is 9.84 Å². The van der Waals surface area contributed by atoms with E-state index in [2.05, 4.69) is 0 Å². The molecule has 172 valence electrons. The minimum Gasteiger partial charge on any atom is -0.507 e. The van der Waals surface area contributed by atoms with Crippen molar-refractivity contribution in [3.63, 3.8) is 0 Å². The zero-order valence-corrected chi connectivity index (χ0v) is 17.1. The summed E-state index contributed by atoms with van der Waals surface area (Å²) in [6, 6.07) is 8.89. The monoisotopic (exact) mass is 457 g/mol. The average molecular weight is 457 g/mol. The van der Waals surface area contributed by atoms with E-state index in [1.54, 1.807) is 0 Å². The second kappa shape index (κ2) is 9.97. The number of carbonyl (C=O) groups excluding carboxylic acids is 2. The molecular formula is C21H19N3O9. The molecule has 0 saturated carbocycles. The Kier molecular flexibility index (Phi) is 7.10. The van der Waals surface area contributed by atoms with Crippen LogP contribution in [-0.4, -0.2) is 63.0 Å². The number of nitrogens with zero attached hydrogens (tertiary/aromatic N) is 3. The maximum absolute atomic E-state index is 12.9. The number of rotatable bonds is 9. The van der Waals surface area contributed by atoms with Crippen molar-refractivity contribution in [3.8, 4) is 0 Å². The highest BCUT2D eigenvalue weighted by atomic mass is 16.6. The summed E-state index contributed by atoms with van der Waals surface area (Å²) in [6.07, 6.45) is 0. The number of hydrogen-bond acceptors (Lipinski definition) is 9. The van der Waals surface area contributed by atoms with Crippen LogP contribution in [0, 0.1) is 20.2 Å². The fraction of sp³-hybridized carbons (Fsp3) is 0.238. The number of nitro benzene ring substituents is 2. The van der Waals surface area contributed by atoms with Crippen molar-refractivity contribution in [2.45, 2.75) is 6.04 Å². The maximum Gasteiger partial charge on any atom is 0.295 e. The molecule has 1 unspecified atom stereocenters. The molecular weight excluding hydrogens is 438 g/mol. The van der Waals surface area contributed by atoms with E-state index >= 15 is 0 Å². The Bertz CT molecular complexity index is 1130. The summed E-state index contributed by atoms with van der Waals surface area (Å²) < 4.78 is 5.18. The summed E-state index contributed by atoms with van der Waals surface area (Å²) in [4.78, 5) is 47.6. The quantitative estimate of drug-likeness (QED) is 0.142. The van der Waals surface area contributed by atoms with E-state index in [0.29, 0.717) is 0 Å². The van der Waals surface area contributed by atoms with Gasteiger partial charge in [0, 0.05) is 36.4 Å². The second-order valence-electron chi connectivity index (χ2n) is 6.98. The topological polar surface area (TPSA) is 173 Å². The molecule has 12 heteroatoms. The molecule has 1 fully saturated rings. The lowest BCUT2D eigenvalue weighted by atomic mass is 9.95. The number of nitro groups is 2. The van der Waals surface area contributed by atoms with Gasteiger partial charge in [-0.2, -0.15) is 0 Å². The van der Waals surface area contributed by atoms with Crippen LogP contribution in [0.3, 0.4) is 0 Å². The molecule has 2 aromatic rings. The number of ether oxygens (including phenoxy) is 1. The van der Waals surface area contributed by atoms with E-state index in [-0.39, 0.29) is 54.4 Å². The molecule has 1 saturated heterocycles. The zero-order chi connectivity index (χ0) is 24.1. The van der Waals surface area contributed by atoms with Crippen molar-refractivity contribution in [3.05, 3.63) is 85.5 Å². The molecule has 0 spiro atoms. The fourth-order valence-electron chi connectivity index (χ4n) is 3.49. The van der Waals surface area contributed by atoms with Crippen LogP contribution in [0.25, 0.3) is 5.76 Å². The Balaban J connectivity index is 2.11.